The largest absolute Gasteiger partial charge is 0.381 e. The van der Waals surface area contributed by atoms with Crippen LogP contribution in [0.25, 0.3) is 0 Å². The molecular formula is C17H17Cl2N3O2. The summed E-state index contributed by atoms with van der Waals surface area (Å²) in [4.78, 5) is 16.5. The summed E-state index contributed by atoms with van der Waals surface area (Å²) in [5.41, 5.74) is 1.82. The lowest BCUT2D eigenvalue weighted by Gasteiger charge is -2.12. The second-order valence-corrected chi connectivity index (χ2v) is 6.38. The Hall–Kier alpha value is -1.82. The number of carbonyl (C=O) groups is 1. The summed E-state index contributed by atoms with van der Waals surface area (Å²) < 4.78 is 5.57. The normalized spacial score (nSPS) is 16.8. The Morgan fingerprint density at radius 2 is 2.08 bits per heavy atom. The minimum atomic E-state index is -0.262. The van der Waals surface area contributed by atoms with E-state index in [0.717, 1.165) is 25.1 Å². The van der Waals surface area contributed by atoms with Crippen molar-refractivity contribution in [2.45, 2.75) is 18.9 Å². The summed E-state index contributed by atoms with van der Waals surface area (Å²) >= 11 is 11.8. The molecule has 2 N–H and O–H groups in total. The SMILES string of the molecule is O=C(Nc1ccc(Cl)c(Cl)c1)c1cncc(NCC2CCCO2)c1. The fourth-order valence-corrected chi connectivity index (χ4v) is 2.77. The van der Waals surface area contributed by atoms with Crippen molar-refractivity contribution in [2.75, 3.05) is 23.8 Å². The van der Waals surface area contributed by atoms with Gasteiger partial charge in [-0.2, -0.15) is 0 Å². The van der Waals surface area contributed by atoms with E-state index in [0.29, 0.717) is 27.8 Å². The first-order valence-corrected chi connectivity index (χ1v) is 8.44. The molecule has 1 atom stereocenters. The van der Waals surface area contributed by atoms with Gasteiger partial charge in [-0.1, -0.05) is 23.2 Å². The summed E-state index contributed by atoms with van der Waals surface area (Å²) in [6.45, 7) is 1.52. The van der Waals surface area contributed by atoms with Crippen LogP contribution in [0.4, 0.5) is 11.4 Å². The third-order valence-electron chi connectivity index (χ3n) is 3.74. The Morgan fingerprint density at radius 1 is 1.21 bits per heavy atom. The standard InChI is InChI=1S/C17H17Cl2N3O2/c18-15-4-3-12(7-16(15)19)22-17(23)11-6-13(9-20-8-11)21-10-14-2-1-5-24-14/h3-4,6-9,14,21H,1-2,5,10H2,(H,22,23). The predicted octanol–water partition coefficient (Wildman–Crippen LogP) is 4.23. The number of benzene rings is 1. The number of anilines is 2. The summed E-state index contributed by atoms with van der Waals surface area (Å²) in [5, 5.41) is 6.86. The van der Waals surface area contributed by atoms with Crippen LogP contribution in [0.1, 0.15) is 23.2 Å². The highest BCUT2D eigenvalue weighted by Crippen LogP contribution is 2.25. The fourth-order valence-electron chi connectivity index (χ4n) is 2.47. The minimum absolute atomic E-state index is 0.221. The number of halogens is 2. The van der Waals surface area contributed by atoms with Gasteiger partial charge in [0.05, 0.1) is 27.4 Å². The molecule has 7 heteroatoms. The number of amides is 1. The van der Waals surface area contributed by atoms with Crippen molar-refractivity contribution in [2.24, 2.45) is 0 Å². The first kappa shape index (κ1) is 17.0. The van der Waals surface area contributed by atoms with E-state index < -0.39 is 0 Å². The molecule has 0 radical (unpaired) electrons. The van der Waals surface area contributed by atoms with Crippen molar-refractivity contribution in [1.82, 2.24) is 4.98 Å². The van der Waals surface area contributed by atoms with Crippen molar-refractivity contribution in [3.8, 4) is 0 Å². The van der Waals surface area contributed by atoms with E-state index in [1.165, 1.54) is 6.20 Å². The number of carbonyl (C=O) groups excluding carboxylic acids is 1. The second kappa shape index (κ2) is 7.83. The lowest BCUT2D eigenvalue weighted by molar-refractivity contribution is 0.102. The molecule has 2 aromatic rings. The molecule has 0 bridgehead atoms. The van der Waals surface area contributed by atoms with Crippen LogP contribution < -0.4 is 10.6 Å². The van der Waals surface area contributed by atoms with E-state index in [2.05, 4.69) is 15.6 Å². The van der Waals surface area contributed by atoms with Crippen LogP contribution in [0, 0.1) is 0 Å². The molecule has 0 saturated carbocycles. The predicted molar refractivity (Wildman–Crippen MR) is 96.1 cm³/mol. The highest BCUT2D eigenvalue weighted by molar-refractivity contribution is 6.42. The number of aromatic nitrogens is 1. The van der Waals surface area contributed by atoms with Crippen molar-refractivity contribution in [3.63, 3.8) is 0 Å². The maximum atomic E-state index is 12.3. The highest BCUT2D eigenvalue weighted by Gasteiger charge is 2.15. The zero-order chi connectivity index (χ0) is 16.9. The Balaban J connectivity index is 1.63. The number of pyridine rings is 1. The molecule has 2 heterocycles. The van der Waals surface area contributed by atoms with E-state index in [1.807, 2.05) is 0 Å². The first-order valence-electron chi connectivity index (χ1n) is 7.69. The van der Waals surface area contributed by atoms with Gasteiger partial charge in [0.15, 0.2) is 0 Å². The van der Waals surface area contributed by atoms with Gasteiger partial charge >= 0.3 is 0 Å². The Bertz CT molecular complexity index is 734. The number of nitrogens with zero attached hydrogens (tertiary/aromatic N) is 1. The van der Waals surface area contributed by atoms with Crippen molar-refractivity contribution in [3.05, 3.63) is 52.3 Å². The van der Waals surface area contributed by atoms with Gasteiger partial charge in [-0.25, -0.2) is 0 Å². The van der Waals surface area contributed by atoms with Gasteiger partial charge < -0.3 is 15.4 Å². The van der Waals surface area contributed by atoms with Gasteiger partial charge in [-0.3, -0.25) is 9.78 Å². The molecule has 1 aromatic carbocycles. The van der Waals surface area contributed by atoms with E-state index in [1.54, 1.807) is 30.5 Å². The van der Waals surface area contributed by atoms with Gasteiger partial charge in [-0.05, 0) is 37.1 Å². The van der Waals surface area contributed by atoms with E-state index in [9.17, 15) is 4.79 Å². The lowest BCUT2D eigenvalue weighted by atomic mass is 10.2. The monoisotopic (exact) mass is 365 g/mol. The molecule has 3 rings (SSSR count). The van der Waals surface area contributed by atoms with Gasteiger partial charge in [-0.15, -0.1) is 0 Å². The maximum Gasteiger partial charge on any atom is 0.257 e. The molecule has 1 fully saturated rings. The molecule has 1 aliphatic heterocycles. The molecule has 126 valence electrons. The van der Waals surface area contributed by atoms with Crippen LogP contribution in [0.2, 0.25) is 10.0 Å². The molecule has 5 nitrogen and oxygen atoms in total. The topological polar surface area (TPSA) is 63.2 Å². The number of hydrogen-bond donors (Lipinski definition) is 2. The number of hydrogen-bond acceptors (Lipinski definition) is 4. The van der Waals surface area contributed by atoms with Crippen LogP contribution in [0.3, 0.4) is 0 Å². The summed E-state index contributed by atoms with van der Waals surface area (Å²) in [6, 6.07) is 6.69. The summed E-state index contributed by atoms with van der Waals surface area (Å²) in [6.07, 6.45) is 5.57. The third-order valence-corrected chi connectivity index (χ3v) is 4.47. The Morgan fingerprint density at radius 3 is 2.83 bits per heavy atom. The van der Waals surface area contributed by atoms with E-state index in [-0.39, 0.29) is 12.0 Å². The summed E-state index contributed by atoms with van der Waals surface area (Å²) in [7, 11) is 0. The van der Waals surface area contributed by atoms with E-state index in [4.69, 9.17) is 27.9 Å². The smallest absolute Gasteiger partial charge is 0.257 e. The van der Waals surface area contributed by atoms with Crippen LogP contribution >= 0.6 is 23.2 Å². The molecule has 1 unspecified atom stereocenters. The van der Waals surface area contributed by atoms with Crippen molar-refractivity contribution in [1.29, 1.82) is 0 Å². The molecule has 1 amide bonds. The van der Waals surface area contributed by atoms with Gasteiger partial charge in [0.1, 0.15) is 0 Å². The minimum Gasteiger partial charge on any atom is -0.381 e. The number of rotatable bonds is 5. The number of nitrogens with one attached hydrogen (secondary N) is 2. The average Bonchev–Trinajstić information content (AvgIpc) is 3.10. The summed E-state index contributed by atoms with van der Waals surface area (Å²) in [5.74, 6) is -0.262. The first-order chi connectivity index (χ1) is 11.6. The third kappa shape index (κ3) is 4.38. The zero-order valence-corrected chi connectivity index (χ0v) is 14.4. The van der Waals surface area contributed by atoms with Gasteiger partial charge in [0.2, 0.25) is 0 Å². The molecule has 1 saturated heterocycles. The van der Waals surface area contributed by atoms with E-state index >= 15 is 0 Å². The second-order valence-electron chi connectivity index (χ2n) is 5.56. The Labute approximate surface area is 150 Å². The zero-order valence-electron chi connectivity index (χ0n) is 12.9. The van der Waals surface area contributed by atoms with Gasteiger partial charge in [0.25, 0.3) is 5.91 Å². The van der Waals surface area contributed by atoms with Crippen molar-refractivity contribution < 1.29 is 9.53 Å². The Kier molecular flexibility index (Phi) is 5.56. The fraction of sp³-hybridized carbons (Fsp3) is 0.294. The molecule has 1 aromatic heterocycles. The van der Waals surface area contributed by atoms with Crippen LogP contribution in [-0.4, -0.2) is 30.1 Å². The highest BCUT2D eigenvalue weighted by atomic mass is 35.5. The van der Waals surface area contributed by atoms with Crippen molar-refractivity contribution >= 4 is 40.5 Å². The molecular weight excluding hydrogens is 349 g/mol. The number of ether oxygens (including phenoxy) is 1. The van der Waals surface area contributed by atoms with Gasteiger partial charge in [0, 0.05) is 31.2 Å². The van der Waals surface area contributed by atoms with Crippen LogP contribution in [0.15, 0.2) is 36.7 Å². The molecule has 1 aliphatic rings. The average molecular weight is 366 g/mol. The quantitative estimate of drug-likeness (QED) is 0.831. The molecule has 0 aliphatic carbocycles. The van der Waals surface area contributed by atoms with Crippen LogP contribution in [-0.2, 0) is 4.74 Å². The lowest BCUT2D eigenvalue weighted by Crippen LogP contribution is -2.19. The van der Waals surface area contributed by atoms with Crippen LogP contribution in [0.5, 0.6) is 0 Å². The molecule has 0 spiro atoms. The molecule has 24 heavy (non-hydrogen) atoms. The maximum absolute atomic E-state index is 12.3.